The molecule has 0 fully saturated rings. The Bertz CT molecular complexity index is 1000. The maximum absolute atomic E-state index is 10.2. The Kier molecular flexibility index (Phi) is 8.26. The van der Waals surface area contributed by atoms with E-state index in [1.807, 2.05) is 26.8 Å². The van der Waals surface area contributed by atoms with Gasteiger partial charge in [-0.3, -0.25) is 0 Å². The molecule has 0 N–H and O–H groups in total. The average Bonchev–Trinajstić information content (AvgIpc) is 2.63. The number of allylic oxidation sites excluding steroid dienone is 2. The second-order valence-corrected chi connectivity index (χ2v) is 6.15. The van der Waals surface area contributed by atoms with E-state index in [1.54, 1.807) is 25.1 Å². The fraction of sp³-hybridized carbons (Fsp3) is 0.300. The van der Waals surface area contributed by atoms with Gasteiger partial charge in [-0.15, -0.1) is 0 Å². The van der Waals surface area contributed by atoms with Crippen molar-refractivity contribution in [1.82, 2.24) is 0 Å². The maximum Gasteiger partial charge on any atom is 0.240 e. The molecule has 8 heteroatoms. The molecule has 0 bridgehead atoms. The first kappa shape index (κ1) is 22.3. The van der Waals surface area contributed by atoms with E-state index in [1.165, 1.54) is 30.4 Å². The highest BCUT2D eigenvalue weighted by Crippen LogP contribution is 2.28. The van der Waals surface area contributed by atoms with E-state index < -0.39 is 11.6 Å². The van der Waals surface area contributed by atoms with Gasteiger partial charge in [0.05, 0.1) is 11.4 Å². The smallest absolute Gasteiger partial charge is 0.211 e. The van der Waals surface area contributed by atoms with Crippen molar-refractivity contribution < 1.29 is 19.2 Å². The first-order valence-corrected chi connectivity index (χ1v) is 8.12. The molecule has 2 unspecified atom stereocenters. The number of rotatable bonds is 4. The highest BCUT2D eigenvalue weighted by Gasteiger charge is 2.32. The van der Waals surface area contributed by atoms with E-state index in [9.17, 15) is 19.2 Å². The number of isocyanates is 4. The van der Waals surface area contributed by atoms with Gasteiger partial charge >= 0.3 is 0 Å². The number of hydrogen-bond acceptors (Lipinski definition) is 8. The summed E-state index contributed by atoms with van der Waals surface area (Å²) in [6.07, 6.45) is 11.2. The molecule has 2 atom stereocenters. The van der Waals surface area contributed by atoms with E-state index in [-0.39, 0.29) is 0 Å². The summed E-state index contributed by atoms with van der Waals surface area (Å²) in [4.78, 5) is 54.8. The zero-order valence-corrected chi connectivity index (χ0v) is 15.9. The Morgan fingerprint density at radius 2 is 1.61 bits per heavy atom. The monoisotopic (exact) mass is 378 g/mol. The molecule has 1 aromatic rings. The Morgan fingerprint density at radius 3 is 2.18 bits per heavy atom. The Morgan fingerprint density at radius 1 is 0.929 bits per heavy atom. The van der Waals surface area contributed by atoms with Crippen LogP contribution in [0.3, 0.4) is 0 Å². The fourth-order valence-corrected chi connectivity index (χ4v) is 2.56. The van der Waals surface area contributed by atoms with Gasteiger partial charge in [0, 0.05) is 0 Å². The summed E-state index contributed by atoms with van der Waals surface area (Å²) >= 11 is 0. The molecule has 2 rings (SSSR count). The molecule has 0 spiro atoms. The first-order chi connectivity index (χ1) is 13.3. The summed E-state index contributed by atoms with van der Waals surface area (Å²) in [5.74, 6) is 0. The number of benzene rings is 1. The molecule has 0 amide bonds. The third-order valence-electron chi connectivity index (χ3n) is 4.10. The summed E-state index contributed by atoms with van der Waals surface area (Å²) in [7, 11) is 0. The van der Waals surface area contributed by atoms with Crippen molar-refractivity contribution in [2.45, 2.75) is 39.3 Å². The van der Waals surface area contributed by atoms with Gasteiger partial charge in [0.25, 0.3) is 0 Å². The number of aliphatic imine (C=N–C) groups is 4. The van der Waals surface area contributed by atoms with Crippen LogP contribution in [0.2, 0.25) is 0 Å². The zero-order chi connectivity index (χ0) is 21.2. The van der Waals surface area contributed by atoms with Gasteiger partial charge in [0.1, 0.15) is 11.6 Å². The number of nitrogens with zero attached hydrogens (tertiary/aromatic N) is 4. The SMILES string of the molecule is CC1=CC(C)(N=C=O)C(N=C=O)C=C1.Cc1cc(N=C=O)cc(N=C=O)c1C. The van der Waals surface area contributed by atoms with Crippen LogP contribution < -0.4 is 0 Å². The van der Waals surface area contributed by atoms with Gasteiger partial charge in [0.15, 0.2) is 0 Å². The molecular weight excluding hydrogens is 360 g/mol. The summed E-state index contributed by atoms with van der Waals surface area (Å²) in [6, 6.07) is 2.80. The zero-order valence-electron chi connectivity index (χ0n) is 15.9. The van der Waals surface area contributed by atoms with Crippen molar-refractivity contribution in [3.8, 4) is 0 Å². The topological polar surface area (TPSA) is 118 Å². The third-order valence-corrected chi connectivity index (χ3v) is 4.10. The van der Waals surface area contributed by atoms with Crippen LogP contribution in [-0.4, -0.2) is 35.9 Å². The van der Waals surface area contributed by atoms with Crippen molar-refractivity contribution in [3.05, 3.63) is 47.1 Å². The fourth-order valence-electron chi connectivity index (χ4n) is 2.56. The lowest BCUT2D eigenvalue weighted by atomic mass is 9.87. The second kappa shape index (κ2) is 10.4. The number of hydrogen-bond donors (Lipinski definition) is 0. The van der Waals surface area contributed by atoms with Crippen molar-refractivity contribution >= 4 is 35.7 Å². The first-order valence-electron chi connectivity index (χ1n) is 8.12. The standard InChI is InChI=1S/C10H8N2O2.C10H10N2O2/c1-7-3-9(11-5-13)4-10(8(7)2)12-6-14;1-8-3-4-9(11-6-13)10(2,5-8)12-7-14/h3-4H,1-2H3;3-5,9H,1-2H3. The minimum atomic E-state index is -0.808. The molecule has 0 heterocycles. The summed E-state index contributed by atoms with van der Waals surface area (Å²) in [5, 5.41) is 0. The summed E-state index contributed by atoms with van der Waals surface area (Å²) in [5.41, 5.74) is 2.88. The van der Waals surface area contributed by atoms with Gasteiger partial charge in [-0.05, 0) is 51.0 Å². The van der Waals surface area contributed by atoms with E-state index in [2.05, 4.69) is 20.0 Å². The summed E-state index contributed by atoms with van der Waals surface area (Å²) < 4.78 is 0. The molecule has 1 aliphatic rings. The van der Waals surface area contributed by atoms with Crippen LogP contribution in [0.25, 0.3) is 0 Å². The molecule has 8 nitrogen and oxygen atoms in total. The van der Waals surface area contributed by atoms with E-state index in [4.69, 9.17) is 0 Å². The predicted octanol–water partition coefficient (Wildman–Crippen LogP) is 3.54. The molecule has 0 radical (unpaired) electrons. The lowest BCUT2D eigenvalue weighted by Crippen LogP contribution is -2.34. The van der Waals surface area contributed by atoms with Crippen molar-refractivity contribution in [1.29, 1.82) is 0 Å². The number of aryl methyl sites for hydroxylation is 1. The molecule has 1 aromatic carbocycles. The third kappa shape index (κ3) is 5.89. The molecule has 0 aliphatic heterocycles. The van der Waals surface area contributed by atoms with Crippen LogP contribution in [0.15, 0.2) is 55.9 Å². The van der Waals surface area contributed by atoms with E-state index in [0.717, 1.165) is 16.7 Å². The minimum Gasteiger partial charge on any atom is -0.211 e. The largest absolute Gasteiger partial charge is 0.240 e. The van der Waals surface area contributed by atoms with Gasteiger partial charge in [0.2, 0.25) is 24.3 Å². The molecule has 142 valence electrons. The highest BCUT2D eigenvalue weighted by atomic mass is 16.1. The van der Waals surface area contributed by atoms with Crippen LogP contribution in [0.5, 0.6) is 0 Å². The molecule has 28 heavy (non-hydrogen) atoms. The van der Waals surface area contributed by atoms with Crippen molar-refractivity contribution in [3.63, 3.8) is 0 Å². The van der Waals surface area contributed by atoms with Gasteiger partial charge in [-0.25, -0.2) is 19.2 Å². The quantitative estimate of drug-likeness (QED) is 0.588. The Labute approximate surface area is 161 Å². The number of carbonyl (C=O) groups excluding carboxylic acids is 4. The molecule has 0 saturated heterocycles. The van der Waals surface area contributed by atoms with Crippen LogP contribution in [0.1, 0.15) is 25.0 Å². The second-order valence-electron chi connectivity index (χ2n) is 6.15. The van der Waals surface area contributed by atoms with E-state index >= 15 is 0 Å². The predicted molar refractivity (Wildman–Crippen MR) is 103 cm³/mol. The Hall–Kier alpha value is -3.78. The van der Waals surface area contributed by atoms with Gasteiger partial charge < -0.3 is 0 Å². The maximum atomic E-state index is 10.2. The lowest BCUT2D eigenvalue weighted by molar-refractivity contribution is 0.492. The van der Waals surface area contributed by atoms with Crippen LogP contribution in [-0.2, 0) is 19.2 Å². The van der Waals surface area contributed by atoms with Crippen molar-refractivity contribution in [2.24, 2.45) is 20.0 Å². The van der Waals surface area contributed by atoms with Gasteiger partial charge in [-0.1, -0.05) is 23.8 Å². The average molecular weight is 378 g/mol. The van der Waals surface area contributed by atoms with Crippen LogP contribution >= 0.6 is 0 Å². The van der Waals surface area contributed by atoms with Crippen LogP contribution in [0.4, 0.5) is 11.4 Å². The van der Waals surface area contributed by atoms with Gasteiger partial charge in [-0.2, -0.15) is 20.0 Å². The molecule has 1 aliphatic carbocycles. The lowest BCUT2D eigenvalue weighted by Gasteiger charge is -2.26. The van der Waals surface area contributed by atoms with Crippen molar-refractivity contribution in [2.75, 3.05) is 0 Å². The van der Waals surface area contributed by atoms with Crippen LogP contribution in [0, 0.1) is 13.8 Å². The Balaban J connectivity index is 0.000000280. The normalized spacial score (nSPS) is 19.3. The molecule has 0 aromatic heterocycles. The molecule has 0 saturated carbocycles. The highest BCUT2D eigenvalue weighted by molar-refractivity contribution is 5.64. The summed E-state index contributed by atoms with van der Waals surface area (Å²) in [6.45, 7) is 7.29. The minimum absolute atomic E-state index is 0.442. The molecular formula is C20H18N4O4. The van der Waals surface area contributed by atoms with E-state index in [0.29, 0.717) is 11.4 Å².